The van der Waals surface area contributed by atoms with Crippen LogP contribution in [0.1, 0.15) is 64.4 Å². The summed E-state index contributed by atoms with van der Waals surface area (Å²) in [6.07, 6.45) is 5.76. The molecule has 1 heterocycles. The van der Waals surface area contributed by atoms with Crippen molar-refractivity contribution in [1.29, 1.82) is 0 Å². The van der Waals surface area contributed by atoms with Gasteiger partial charge < -0.3 is 29.3 Å². The van der Waals surface area contributed by atoms with Crippen LogP contribution in [0.25, 0.3) is 0 Å². The van der Waals surface area contributed by atoms with E-state index < -0.39 is 18.1 Å². The van der Waals surface area contributed by atoms with E-state index in [-0.39, 0.29) is 36.9 Å². The molecule has 3 rings (SSSR count). The maximum Gasteiger partial charge on any atom is 0.318 e. The Kier molecular flexibility index (Phi) is 9.84. The fourth-order valence-corrected chi connectivity index (χ4v) is 5.24. The Bertz CT molecular complexity index is 893. The first-order chi connectivity index (χ1) is 17.2. The Hall–Kier alpha value is -2.97. The van der Waals surface area contributed by atoms with Crippen LogP contribution in [0.4, 0.5) is 4.79 Å². The molecule has 0 unspecified atom stereocenters. The number of carbonyl (C=O) groups is 3. The van der Waals surface area contributed by atoms with Crippen molar-refractivity contribution in [1.82, 2.24) is 15.1 Å². The number of ether oxygens (including phenoxy) is 3. The minimum absolute atomic E-state index is 0.0222. The largest absolute Gasteiger partial charge is 0.497 e. The molecule has 0 radical (unpaired) electrons. The van der Waals surface area contributed by atoms with Gasteiger partial charge in [-0.05, 0) is 42.9 Å². The van der Waals surface area contributed by atoms with Crippen LogP contribution in [0.2, 0.25) is 0 Å². The van der Waals surface area contributed by atoms with Crippen molar-refractivity contribution in [3.63, 3.8) is 0 Å². The smallest absolute Gasteiger partial charge is 0.318 e. The zero-order valence-corrected chi connectivity index (χ0v) is 22.2. The van der Waals surface area contributed by atoms with Crippen LogP contribution in [-0.4, -0.2) is 73.7 Å². The van der Waals surface area contributed by atoms with Crippen molar-refractivity contribution in [2.75, 3.05) is 27.9 Å². The van der Waals surface area contributed by atoms with Crippen molar-refractivity contribution < 1.29 is 28.6 Å². The minimum atomic E-state index is -0.662. The van der Waals surface area contributed by atoms with Crippen molar-refractivity contribution in [3.05, 3.63) is 23.8 Å². The van der Waals surface area contributed by atoms with Gasteiger partial charge in [-0.2, -0.15) is 0 Å². The number of piperazine rings is 1. The number of hydrogen-bond acceptors (Lipinski definition) is 6. The SMILES string of the molecule is COC(=O)C[C@@H]1CN(Cc2cc(OC)cc(OC)c2)C(=O)[C@H](CC(C)C)N1C(=O)NC1CCCCC1. The summed E-state index contributed by atoms with van der Waals surface area (Å²) in [7, 11) is 4.51. The zero-order chi connectivity index (χ0) is 26.2. The van der Waals surface area contributed by atoms with Gasteiger partial charge >= 0.3 is 12.0 Å². The molecule has 1 saturated carbocycles. The summed E-state index contributed by atoms with van der Waals surface area (Å²) >= 11 is 0. The van der Waals surface area contributed by atoms with Crippen LogP contribution in [0, 0.1) is 5.92 Å². The number of esters is 1. The lowest BCUT2D eigenvalue weighted by Crippen LogP contribution is -2.66. The molecule has 1 aliphatic carbocycles. The first-order valence-corrected chi connectivity index (χ1v) is 12.9. The van der Waals surface area contributed by atoms with Crippen molar-refractivity contribution >= 4 is 17.9 Å². The van der Waals surface area contributed by atoms with Gasteiger partial charge in [0.05, 0.1) is 33.8 Å². The first-order valence-electron chi connectivity index (χ1n) is 12.9. The number of amides is 3. The molecule has 1 saturated heterocycles. The van der Waals surface area contributed by atoms with Crippen LogP contribution in [0.3, 0.4) is 0 Å². The van der Waals surface area contributed by atoms with Crippen LogP contribution < -0.4 is 14.8 Å². The third-order valence-electron chi connectivity index (χ3n) is 7.03. The third kappa shape index (κ3) is 7.04. The maximum absolute atomic E-state index is 13.8. The number of nitrogens with one attached hydrogen (secondary N) is 1. The zero-order valence-electron chi connectivity index (χ0n) is 22.2. The van der Waals surface area contributed by atoms with E-state index in [1.165, 1.54) is 13.5 Å². The second-order valence-corrected chi connectivity index (χ2v) is 10.2. The molecule has 1 aliphatic heterocycles. The molecule has 3 amide bonds. The number of nitrogens with zero attached hydrogens (tertiary/aromatic N) is 2. The van der Waals surface area contributed by atoms with E-state index in [1.54, 1.807) is 30.1 Å². The molecular weight excluding hydrogens is 462 g/mol. The van der Waals surface area contributed by atoms with E-state index in [9.17, 15) is 14.4 Å². The summed E-state index contributed by atoms with van der Waals surface area (Å²) < 4.78 is 15.7. The molecule has 9 nitrogen and oxygen atoms in total. The van der Waals surface area contributed by atoms with Crippen LogP contribution in [-0.2, 0) is 20.9 Å². The highest BCUT2D eigenvalue weighted by molar-refractivity contribution is 5.89. The molecule has 2 atom stereocenters. The van der Waals surface area contributed by atoms with Gasteiger partial charge in [-0.15, -0.1) is 0 Å². The molecule has 1 aromatic carbocycles. The number of urea groups is 1. The molecule has 9 heteroatoms. The molecular formula is C27H41N3O6. The van der Waals surface area contributed by atoms with Crippen molar-refractivity contribution in [3.8, 4) is 11.5 Å². The Morgan fingerprint density at radius 2 is 1.67 bits per heavy atom. The lowest BCUT2D eigenvalue weighted by molar-refractivity contribution is -0.150. The summed E-state index contributed by atoms with van der Waals surface area (Å²) in [5.74, 6) is 0.917. The van der Waals surface area contributed by atoms with Gasteiger partial charge in [-0.1, -0.05) is 33.1 Å². The summed E-state index contributed by atoms with van der Waals surface area (Å²) in [6, 6.07) is 4.19. The van der Waals surface area contributed by atoms with Gasteiger partial charge in [0.2, 0.25) is 5.91 Å². The van der Waals surface area contributed by atoms with Crippen molar-refractivity contribution in [2.45, 2.75) is 83.5 Å². The molecule has 36 heavy (non-hydrogen) atoms. The predicted octanol–water partition coefficient (Wildman–Crippen LogP) is 3.74. The van der Waals surface area contributed by atoms with Crippen molar-refractivity contribution in [2.24, 2.45) is 5.92 Å². The van der Waals surface area contributed by atoms with Gasteiger partial charge in [0.25, 0.3) is 0 Å². The highest BCUT2D eigenvalue weighted by Crippen LogP contribution is 2.29. The van der Waals surface area contributed by atoms with Gasteiger partial charge in [0, 0.05) is 25.2 Å². The molecule has 2 aliphatic rings. The number of methoxy groups -OCH3 is 3. The fraction of sp³-hybridized carbons (Fsp3) is 0.667. The van der Waals surface area contributed by atoms with E-state index in [0.717, 1.165) is 31.2 Å². The number of carbonyl (C=O) groups excluding carboxylic acids is 3. The number of rotatable bonds is 9. The van der Waals surface area contributed by atoms with E-state index in [0.29, 0.717) is 24.5 Å². The van der Waals surface area contributed by atoms with E-state index in [2.05, 4.69) is 5.32 Å². The minimum Gasteiger partial charge on any atom is -0.497 e. The maximum atomic E-state index is 13.8. The number of hydrogen-bond donors (Lipinski definition) is 1. The normalized spacial score (nSPS) is 20.9. The second-order valence-electron chi connectivity index (χ2n) is 10.2. The Balaban J connectivity index is 1.90. The predicted molar refractivity (Wildman–Crippen MR) is 136 cm³/mol. The summed E-state index contributed by atoms with van der Waals surface area (Å²) in [5, 5.41) is 3.16. The Labute approximate surface area is 214 Å². The molecule has 0 aromatic heterocycles. The van der Waals surface area contributed by atoms with Crippen LogP contribution in [0.15, 0.2) is 18.2 Å². The first kappa shape index (κ1) is 27.6. The topological polar surface area (TPSA) is 97.4 Å². The van der Waals surface area contributed by atoms with Gasteiger partial charge in [-0.25, -0.2) is 4.79 Å². The second kappa shape index (κ2) is 12.8. The molecule has 0 spiro atoms. The van der Waals surface area contributed by atoms with Gasteiger partial charge in [0.1, 0.15) is 17.5 Å². The highest BCUT2D eigenvalue weighted by Gasteiger charge is 2.44. The standard InChI is InChI=1S/C27H41N3O6/c1-18(2)11-24-26(32)29(16-19-12-22(34-3)15-23(13-19)35-4)17-21(14-25(31)36-5)30(24)27(33)28-20-9-7-6-8-10-20/h12-13,15,18,20-21,24H,6-11,14,16-17H2,1-5H3,(H,28,33)/t21-,24+/m1/s1. The monoisotopic (exact) mass is 503 g/mol. The Morgan fingerprint density at radius 1 is 1.03 bits per heavy atom. The van der Waals surface area contributed by atoms with E-state index >= 15 is 0 Å². The quantitative estimate of drug-likeness (QED) is 0.516. The third-order valence-corrected chi connectivity index (χ3v) is 7.03. The highest BCUT2D eigenvalue weighted by atomic mass is 16.5. The number of benzene rings is 1. The Morgan fingerprint density at radius 3 is 2.22 bits per heavy atom. The lowest BCUT2D eigenvalue weighted by Gasteiger charge is -2.46. The van der Waals surface area contributed by atoms with Crippen LogP contribution >= 0.6 is 0 Å². The average molecular weight is 504 g/mol. The molecule has 1 aromatic rings. The summed E-state index contributed by atoms with van der Waals surface area (Å²) in [6.45, 7) is 4.62. The summed E-state index contributed by atoms with van der Waals surface area (Å²) in [4.78, 5) is 43.1. The molecule has 2 fully saturated rings. The van der Waals surface area contributed by atoms with Gasteiger partial charge in [-0.3, -0.25) is 9.59 Å². The van der Waals surface area contributed by atoms with Crippen LogP contribution in [0.5, 0.6) is 11.5 Å². The molecule has 200 valence electrons. The average Bonchev–Trinajstić information content (AvgIpc) is 2.86. The summed E-state index contributed by atoms with van der Waals surface area (Å²) in [5.41, 5.74) is 0.847. The van der Waals surface area contributed by atoms with E-state index in [1.807, 2.05) is 26.0 Å². The molecule has 1 N–H and O–H groups in total. The van der Waals surface area contributed by atoms with E-state index in [4.69, 9.17) is 14.2 Å². The fourth-order valence-electron chi connectivity index (χ4n) is 5.24. The molecule has 0 bridgehead atoms. The van der Waals surface area contributed by atoms with Gasteiger partial charge in [0.15, 0.2) is 0 Å². The lowest BCUT2D eigenvalue weighted by atomic mass is 9.94.